The lowest BCUT2D eigenvalue weighted by atomic mass is 10.0. The number of hydrogen-bond acceptors (Lipinski definition) is 3. The Balaban J connectivity index is 2.30. The van der Waals surface area contributed by atoms with Crippen LogP contribution in [0.3, 0.4) is 0 Å². The predicted octanol–water partition coefficient (Wildman–Crippen LogP) is 3.32. The second-order valence-corrected chi connectivity index (χ2v) is 4.83. The Labute approximate surface area is 108 Å². The Hall–Kier alpha value is -1.61. The van der Waals surface area contributed by atoms with Crippen LogP contribution >= 0.6 is 0 Å². The molecule has 0 aliphatic rings. The van der Waals surface area contributed by atoms with Crippen LogP contribution in [0.5, 0.6) is 0 Å². The number of rotatable bonds is 5. The van der Waals surface area contributed by atoms with Crippen LogP contribution in [0.15, 0.2) is 36.5 Å². The molecule has 0 radical (unpaired) electrons. The minimum atomic E-state index is 0.272. The normalized spacial score (nSPS) is 12.9. The number of nitrogens with zero attached hydrogens (tertiary/aromatic N) is 1. The molecule has 1 aromatic heterocycles. The Morgan fingerprint density at radius 3 is 2.72 bits per heavy atom. The first kappa shape index (κ1) is 12.8. The monoisotopic (exact) mass is 244 g/mol. The second-order valence-electron chi connectivity index (χ2n) is 4.83. The van der Waals surface area contributed by atoms with Gasteiger partial charge in [-0.1, -0.05) is 38.1 Å². The number of anilines is 1. The molecule has 0 saturated carbocycles. The smallest absolute Gasteiger partial charge is 0.134 e. The molecule has 0 amide bonds. The number of methoxy groups -OCH3 is 1. The summed E-state index contributed by atoms with van der Waals surface area (Å²) in [6.07, 6.45) is 1.84. The third kappa shape index (κ3) is 2.79. The molecular formula is C15H20N2O. The van der Waals surface area contributed by atoms with E-state index in [1.807, 2.05) is 24.4 Å². The zero-order valence-corrected chi connectivity index (χ0v) is 11.2. The van der Waals surface area contributed by atoms with Crippen molar-refractivity contribution in [2.24, 2.45) is 5.92 Å². The van der Waals surface area contributed by atoms with Gasteiger partial charge in [-0.3, -0.25) is 0 Å². The summed E-state index contributed by atoms with van der Waals surface area (Å²) in [7, 11) is 1.73. The van der Waals surface area contributed by atoms with Gasteiger partial charge in [0.05, 0.1) is 12.6 Å². The maximum atomic E-state index is 5.26. The van der Waals surface area contributed by atoms with Crippen molar-refractivity contribution in [2.45, 2.75) is 19.9 Å². The molecule has 2 aromatic rings. The fraction of sp³-hybridized carbons (Fsp3) is 0.400. The van der Waals surface area contributed by atoms with E-state index in [0.717, 1.165) is 11.2 Å². The van der Waals surface area contributed by atoms with Crippen molar-refractivity contribution in [2.75, 3.05) is 19.0 Å². The molecule has 0 saturated heterocycles. The molecule has 1 aromatic carbocycles. The number of nitrogens with one attached hydrogen (secondary N) is 1. The van der Waals surface area contributed by atoms with Gasteiger partial charge in [-0.2, -0.15) is 0 Å². The standard InChI is InChI=1S/C15H20N2O/c1-11(2)14(10-18-3)17-15-13-7-5-4-6-12(13)8-9-16-15/h4-9,11,14H,10H2,1-3H3,(H,16,17). The Morgan fingerprint density at radius 2 is 2.00 bits per heavy atom. The van der Waals surface area contributed by atoms with Gasteiger partial charge in [0, 0.05) is 18.7 Å². The lowest BCUT2D eigenvalue weighted by Gasteiger charge is -2.22. The lowest BCUT2D eigenvalue weighted by molar-refractivity contribution is 0.171. The van der Waals surface area contributed by atoms with Gasteiger partial charge in [0.25, 0.3) is 0 Å². The van der Waals surface area contributed by atoms with Crippen molar-refractivity contribution in [3.8, 4) is 0 Å². The summed E-state index contributed by atoms with van der Waals surface area (Å²) in [5.74, 6) is 1.43. The van der Waals surface area contributed by atoms with Gasteiger partial charge < -0.3 is 10.1 Å². The zero-order valence-electron chi connectivity index (χ0n) is 11.2. The fourth-order valence-electron chi connectivity index (χ4n) is 1.99. The SMILES string of the molecule is COCC(Nc1nccc2ccccc12)C(C)C. The van der Waals surface area contributed by atoms with Crippen LogP contribution in [0.2, 0.25) is 0 Å². The molecule has 0 aliphatic carbocycles. The van der Waals surface area contributed by atoms with E-state index in [0.29, 0.717) is 12.5 Å². The minimum absolute atomic E-state index is 0.272. The highest BCUT2D eigenvalue weighted by molar-refractivity contribution is 5.91. The first-order valence-corrected chi connectivity index (χ1v) is 6.31. The van der Waals surface area contributed by atoms with Gasteiger partial charge in [-0.15, -0.1) is 0 Å². The first-order chi connectivity index (χ1) is 8.72. The van der Waals surface area contributed by atoms with Crippen molar-refractivity contribution >= 4 is 16.6 Å². The molecule has 0 fully saturated rings. The molecule has 1 atom stereocenters. The van der Waals surface area contributed by atoms with Crippen LogP contribution in [0, 0.1) is 5.92 Å². The third-order valence-corrected chi connectivity index (χ3v) is 3.15. The van der Waals surface area contributed by atoms with Crippen LogP contribution in [-0.4, -0.2) is 24.7 Å². The van der Waals surface area contributed by atoms with E-state index < -0.39 is 0 Å². The number of hydrogen-bond donors (Lipinski definition) is 1. The summed E-state index contributed by atoms with van der Waals surface area (Å²) in [5, 5.41) is 5.84. The summed E-state index contributed by atoms with van der Waals surface area (Å²) in [5.41, 5.74) is 0. The topological polar surface area (TPSA) is 34.1 Å². The highest BCUT2D eigenvalue weighted by atomic mass is 16.5. The molecule has 3 heteroatoms. The largest absolute Gasteiger partial charge is 0.383 e. The summed E-state index contributed by atoms with van der Waals surface area (Å²) >= 11 is 0. The minimum Gasteiger partial charge on any atom is -0.383 e. The van der Waals surface area contributed by atoms with E-state index in [1.165, 1.54) is 5.39 Å². The van der Waals surface area contributed by atoms with Crippen molar-refractivity contribution in [3.63, 3.8) is 0 Å². The molecule has 96 valence electrons. The molecule has 0 spiro atoms. The number of fused-ring (bicyclic) bond motifs is 1. The number of pyridine rings is 1. The van der Waals surface area contributed by atoms with Gasteiger partial charge in [0.1, 0.15) is 5.82 Å². The lowest BCUT2D eigenvalue weighted by Crippen LogP contribution is -2.30. The highest BCUT2D eigenvalue weighted by Gasteiger charge is 2.14. The first-order valence-electron chi connectivity index (χ1n) is 6.31. The van der Waals surface area contributed by atoms with Crippen molar-refractivity contribution in [1.82, 2.24) is 4.98 Å². The Kier molecular flexibility index (Phi) is 4.15. The fourth-order valence-corrected chi connectivity index (χ4v) is 1.99. The predicted molar refractivity (Wildman–Crippen MR) is 75.9 cm³/mol. The van der Waals surface area contributed by atoms with Crippen LogP contribution in [0.25, 0.3) is 10.8 Å². The molecule has 1 heterocycles. The summed E-state index contributed by atoms with van der Waals surface area (Å²) < 4.78 is 5.26. The van der Waals surface area contributed by atoms with Crippen LogP contribution in [-0.2, 0) is 4.74 Å². The van der Waals surface area contributed by atoms with Gasteiger partial charge >= 0.3 is 0 Å². The average molecular weight is 244 g/mol. The van der Waals surface area contributed by atoms with E-state index in [4.69, 9.17) is 4.74 Å². The summed E-state index contributed by atoms with van der Waals surface area (Å²) in [6.45, 7) is 5.05. The zero-order chi connectivity index (χ0) is 13.0. The maximum Gasteiger partial charge on any atom is 0.134 e. The maximum absolute atomic E-state index is 5.26. The number of aromatic nitrogens is 1. The second kappa shape index (κ2) is 5.83. The molecule has 1 unspecified atom stereocenters. The quantitative estimate of drug-likeness (QED) is 0.876. The van der Waals surface area contributed by atoms with E-state index in [1.54, 1.807) is 7.11 Å². The van der Waals surface area contributed by atoms with Crippen LogP contribution in [0.1, 0.15) is 13.8 Å². The van der Waals surface area contributed by atoms with Gasteiger partial charge in [-0.25, -0.2) is 4.98 Å². The Morgan fingerprint density at radius 1 is 1.22 bits per heavy atom. The molecule has 0 bridgehead atoms. The van der Waals surface area contributed by atoms with Crippen molar-refractivity contribution in [3.05, 3.63) is 36.5 Å². The van der Waals surface area contributed by atoms with E-state index in [9.17, 15) is 0 Å². The van der Waals surface area contributed by atoms with Crippen molar-refractivity contribution in [1.29, 1.82) is 0 Å². The highest BCUT2D eigenvalue weighted by Crippen LogP contribution is 2.22. The molecule has 18 heavy (non-hydrogen) atoms. The molecule has 1 N–H and O–H groups in total. The summed E-state index contributed by atoms with van der Waals surface area (Å²) in [4.78, 5) is 4.44. The van der Waals surface area contributed by atoms with Gasteiger partial charge in [-0.05, 0) is 17.4 Å². The number of benzene rings is 1. The summed E-state index contributed by atoms with van der Waals surface area (Å²) in [6, 6.07) is 10.6. The number of ether oxygens (including phenoxy) is 1. The van der Waals surface area contributed by atoms with Crippen LogP contribution in [0.4, 0.5) is 5.82 Å². The Bertz CT molecular complexity index is 505. The van der Waals surface area contributed by atoms with Crippen molar-refractivity contribution < 1.29 is 4.74 Å². The van der Waals surface area contributed by atoms with E-state index in [2.05, 4.69) is 36.3 Å². The van der Waals surface area contributed by atoms with Crippen LogP contribution < -0.4 is 5.32 Å². The van der Waals surface area contributed by atoms with Gasteiger partial charge in [0.15, 0.2) is 0 Å². The molecular weight excluding hydrogens is 224 g/mol. The average Bonchev–Trinajstić information content (AvgIpc) is 2.38. The molecule has 3 nitrogen and oxygen atoms in total. The third-order valence-electron chi connectivity index (χ3n) is 3.15. The van der Waals surface area contributed by atoms with Gasteiger partial charge in [0.2, 0.25) is 0 Å². The molecule has 0 aliphatic heterocycles. The van der Waals surface area contributed by atoms with E-state index in [-0.39, 0.29) is 6.04 Å². The van der Waals surface area contributed by atoms with E-state index >= 15 is 0 Å². The molecule has 2 rings (SSSR count).